The third-order valence-electron chi connectivity index (χ3n) is 4.26. The topological polar surface area (TPSA) is 87.5 Å². The second-order valence-corrected chi connectivity index (χ2v) is 8.12. The Labute approximate surface area is 152 Å². The van der Waals surface area contributed by atoms with E-state index in [2.05, 4.69) is 0 Å². The number of hydrogen-bond donors (Lipinski definition) is 0. The quantitative estimate of drug-likeness (QED) is 0.824. The summed E-state index contributed by atoms with van der Waals surface area (Å²) in [5.74, 6) is 0.138. The molecule has 3 rings (SSSR count). The van der Waals surface area contributed by atoms with E-state index in [1.165, 1.54) is 12.3 Å². The van der Waals surface area contributed by atoms with Crippen LogP contribution in [0.2, 0.25) is 0 Å². The zero-order valence-electron chi connectivity index (χ0n) is 14.3. The summed E-state index contributed by atoms with van der Waals surface area (Å²) in [6.07, 6.45) is 2.64. The van der Waals surface area contributed by atoms with Crippen LogP contribution in [0.15, 0.2) is 47.4 Å². The highest BCUT2D eigenvalue weighted by atomic mass is 32.2. The number of nitrogens with zero attached hydrogens (tertiary/aromatic N) is 2. The first kappa shape index (κ1) is 18.0. The first-order valence-corrected chi connectivity index (χ1v) is 10.0. The zero-order valence-corrected chi connectivity index (χ0v) is 15.1. The molecule has 1 amide bonds. The van der Waals surface area contributed by atoms with Crippen LogP contribution in [0, 0.1) is 11.3 Å². The Morgan fingerprint density at radius 1 is 1.27 bits per heavy atom. The Hall–Kier alpha value is -2.85. The van der Waals surface area contributed by atoms with E-state index in [0.29, 0.717) is 23.5 Å². The summed E-state index contributed by atoms with van der Waals surface area (Å²) in [5, 5.41) is 9.08. The van der Waals surface area contributed by atoms with Crippen molar-refractivity contribution in [1.29, 1.82) is 5.26 Å². The number of benzene rings is 2. The highest BCUT2D eigenvalue weighted by molar-refractivity contribution is 7.90. The molecule has 1 aliphatic heterocycles. The van der Waals surface area contributed by atoms with Crippen molar-refractivity contribution in [2.45, 2.75) is 17.7 Å². The van der Waals surface area contributed by atoms with Gasteiger partial charge in [-0.05, 0) is 48.7 Å². The second kappa shape index (κ2) is 7.18. The fourth-order valence-electron chi connectivity index (χ4n) is 2.97. The standard InChI is InChI=1S/C19H18N2O4S/c1-26(23,24)16-8-9-17-14(11-16)6-4-10-21(17)19(22)13-25-18-7-3-2-5-15(18)12-20/h2-3,5,7-9,11H,4,6,10,13H2,1H3. The van der Waals surface area contributed by atoms with Crippen LogP contribution in [0.4, 0.5) is 5.69 Å². The fraction of sp³-hybridized carbons (Fsp3) is 0.263. The number of amides is 1. The summed E-state index contributed by atoms with van der Waals surface area (Å²) in [4.78, 5) is 14.5. The summed E-state index contributed by atoms with van der Waals surface area (Å²) in [6.45, 7) is 0.360. The van der Waals surface area contributed by atoms with Gasteiger partial charge >= 0.3 is 0 Å². The van der Waals surface area contributed by atoms with E-state index >= 15 is 0 Å². The molecule has 1 aliphatic rings. The molecule has 134 valence electrons. The molecule has 6 nitrogen and oxygen atoms in total. The highest BCUT2D eigenvalue weighted by Crippen LogP contribution is 2.29. The lowest BCUT2D eigenvalue weighted by Gasteiger charge is -2.29. The minimum absolute atomic E-state index is 0.189. The van der Waals surface area contributed by atoms with Gasteiger partial charge in [-0.25, -0.2) is 8.42 Å². The Balaban J connectivity index is 1.79. The van der Waals surface area contributed by atoms with Gasteiger partial charge in [0.05, 0.1) is 10.5 Å². The molecular weight excluding hydrogens is 352 g/mol. The van der Waals surface area contributed by atoms with Gasteiger partial charge in [-0.2, -0.15) is 5.26 Å². The maximum absolute atomic E-state index is 12.6. The van der Waals surface area contributed by atoms with Gasteiger partial charge < -0.3 is 9.64 Å². The van der Waals surface area contributed by atoms with E-state index in [0.717, 1.165) is 18.4 Å². The molecule has 0 atom stereocenters. The summed E-state index contributed by atoms with van der Waals surface area (Å²) < 4.78 is 29.0. The Morgan fingerprint density at radius 3 is 2.77 bits per heavy atom. The van der Waals surface area contributed by atoms with Gasteiger partial charge in [0.25, 0.3) is 5.91 Å². The molecule has 0 radical (unpaired) electrons. The van der Waals surface area contributed by atoms with E-state index in [1.54, 1.807) is 41.3 Å². The van der Waals surface area contributed by atoms with Gasteiger partial charge in [0, 0.05) is 18.5 Å². The van der Waals surface area contributed by atoms with Gasteiger partial charge in [0.2, 0.25) is 0 Å². The van der Waals surface area contributed by atoms with Crippen LogP contribution in [0.1, 0.15) is 17.5 Å². The number of carbonyl (C=O) groups excluding carboxylic acids is 1. The van der Waals surface area contributed by atoms with E-state index < -0.39 is 9.84 Å². The molecule has 0 saturated heterocycles. The predicted molar refractivity (Wildman–Crippen MR) is 96.9 cm³/mol. The molecule has 0 saturated carbocycles. The average Bonchev–Trinajstić information content (AvgIpc) is 2.64. The molecule has 26 heavy (non-hydrogen) atoms. The van der Waals surface area contributed by atoms with Crippen LogP contribution in [0.25, 0.3) is 0 Å². The maximum atomic E-state index is 12.6. The van der Waals surface area contributed by atoms with Gasteiger partial charge in [-0.15, -0.1) is 0 Å². The largest absolute Gasteiger partial charge is 0.482 e. The number of rotatable bonds is 4. The maximum Gasteiger partial charge on any atom is 0.264 e. The first-order valence-electron chi connectivity index (χ1n) is 8.15. The molecule has 0 fully saturated rings. The van der Waals surface area contributed by atoms with Gasteiger partial charge in [0.1, 0.15) is 11.8 Å². The van der Waals surface area contributed by atoms with Crippen LogP contribution in [0.3, 0.4) is 0 Å². The second-order valence-electron chi connectivity index (χ2n) is 6.11. The molecule has 0 unspecified atom stereocenters. The van der Waals surface area contributed by atoms with Gasteiger partial charge in [0.15, 0.2) is 16.4 Å². The first-order chi connectivity index (χ1) is 12.4. The molecule has 0 N–H and O–H groups in total. The summed E-state index contributed by atoms with van der Waals surface area (Å²) >= 11 is 0. The number of para-hydroxylation sites is 1. The number of anilines is 1. The average molecular weight is 370 g/mol. The SMILES string of the molecule is CS(=O)(=O)c1ccc2c(c1)CCCN2C(=O)COc1ccccc1C#N. The number of aryl methyl sites for hydroxylation is 1. The summed E-state index contributed by atoms with van der Waals surface area (Å²) in [5.41, 5.74) is 1.92. The molecule has 2 aromatic rings. The highest BCUT2D eigenvalue weighted by Gasteiger charge is 2.24. The van der Waals surface area contributed by atoms with Crippen molar-refractivity contribution >= 4 is 21.4 Å². The van der Waals surface area contributed by atoms with Crippen LogP contribution >= 0.6 is 0 Å². The number of hydrogen-bond acceptors (Lipinski definition) is 5. The van der Waals surface area contributed by atoms with E-state index in [9.17, 15) is 13.2 Å². The normalized spacial score (nSPS) is 13.6. The van der Waals surface area contributed by atoms with Crippen molar-refractivity contribution in [3.05, 3.63) is 53.6 Å². The Kier molecular flexibility index (Phi) is 4.96. The van der Waals surface area contributed by atoms with Crippen LogP contribution in [0.5, 0.6) is 5.75 Å². The smallest absolute Gasteiger partial charge is 0.264 e. The molecule has 2 aromatic carbocycles. The number of sulfone groups is 1. The van der Waals surface area contributed by atoms with Crippen molar-refractivity contribution in [2.24, 2.45) is 0 Å². The molecule has 0 spiro atoms. The van der Waals surface area contributed by atoms with Crippen molar-refractivity contribution in [3.63, 3.8) is 0 Å². The van der Waals surface area contributed by atoms with Crippen molar-refractivity contribution in [2.75, 3.05) is 24.3 Å². The summed E-state index contributed by atoms with van der Waals surface area (Å²) in [7, 11) is -3.29. The van der Waals surface area contributed by atoms with Gasteiger partial charge in [-0.1, -0.05) is 12.1 Å². The van der Waals surface area contributed by atoms with Crippen LogP contribution < -0.4 is 9.64 Å². The van der Waals surface area contributed by atoms with Crippen molar-refractivity contribution < 1.29 is 17.9 Å². The van der Waals surface area contributed by atoms with Crippen molar-refractivity contribution in [1.82, 2.24) is 0 Å². The molecule has 1 heterocycles. The van der Waals surface area contributed by atoms with Crippen LogP contribution in [-0.4, -0.2) is 33.7 Å². The molecule has 0 aromatic heterocycles. The van der Waals surface area contributed by atoms with Gasteiger partial charge in [-0.3, -0.25) is 4.79 Å². The molecule has 0 aliphatic carbocycles. The lowest BCUT2D eigenvalue weighted by Crippen LogP contribution is -2.38. The molecule has 7 heteroatoms. The lowest BCUT2D eigenvalue weighted by atomic mass is 10.0. The number of fused-ring (bicyclic) bond motifs is 1. The van der Waals surface area contributed by atoms with E-state index in [4.69, 9.17) is 10.00 Å². The van der Waals surface area contributed by atoms with Crippen molar-refractivity contribution in [3.8, 4) is 11.8 Å². The van der Waals surface area contributed by atoms with Crippen LogP contribution in [-0.2, 0) is 21.1 Å². The monoisotopic (exact) mass is 370 g/mol. The lowest BCUT2D eigenvalue weighted by molar-refractivity contribution is -0.120. The minimum Gasteiger partial charge on any atom is -0.482 e. The third kappa shape index (κ3) is 3.70. The molecule has 0 bridgehead atoms. The fourth-order valence-corrected chi connectivity index (χ4v) is 3.64. The van der Waals surface area contributed by atoms with E-state index in [-0.39, 0.29) is 17.4 Å². The predicted octanol–water partition coefficient (Wildman–Crippen LogP) is 2.32. The minimum atomic E-state index is -3.29. The summed E-state index contributed by atoms with van der Waals surface area (Å²) in [6, 6.07) is 13.6. The number of ether oxygens (including phenoxy) is 1. The molecular formula is C19H18N2O4S. The Bertz CT molecular complexity index is 993. The number of nitriles is 1. The zero-order chi connectivity index (χ0) is 18.7. The van der Waals surface area contributed by atoms with E-state index in [1.807, 2.05) is 6.07 Å². The third-order valence-corrected chi connectivity index (χ3v) is 5.37. The number of carbonyl (C=O) groups is 1. The Morgan fingerprint density at radius 2 is 2.04 bits per heavy atom.